The Morgan fingerprint density at radius 3 is 2.65 bits per heavy atom. The average molecular weight is 395 g/mol. The lowest BCUT2D eigenvalue weighted by atomic mass is 10.0. The van der Waals surface area contributed by atoms with Gasteiger partial charge in [-0.2, -0.15) is 0 Å². The van der Waals surface area contributed by atoms with Crippen LogP contribution in [-0.2, 0) is 6.54 Å². The van der Waals surface area contributed by atoms with Crippen LogP contribution in [0.15, 0.2) is 42.7 Å². The minimum atomic E-state index is 0. The summed E-state index contributed by atoms with van der Waals surface area (Å²) in [7, 11) is 0. The highest BCUT2D eigenvalue weighted by Crippen LogP contribution is 2.30. The van der Waals surface area contributed by atoms with Crippen molar-refractivity contribution in [3.05, 3.63) is 63.9 Å². The monoisotopic (exact) mass is 393 g/mol. The molecular weight excluding hydrogens is 376 g/mol. The minimum absolute atomic E-state index is 0. The fraction of sp³-hybridized carbons (Fsp3) is 0.312. The van der Waals surface area contributed by atoms with E-state index in [9.17, 15) is 0 Å². The Balaban J connectivity index is 0.00000132. The van der Waals surface area contributed by atoms with Gasteiger partial charge < -0.3 is 5.32 Å². The second-order valence-corrected chi connectivity index (χ2v) is 5.99. The summed E-state index contributed by atoms with van der Waals surface area (Å²) in [5.41, 5.74) is 2.27. The molecule has 126 valence electrons. The topological polar surface area (TPSA) is 28.2 Å². The number of nitrogens with one attached hydrogen (secondary N) is 1. The molecule has 0 spiro atoms. The van der Waals surface area contributed by atoms with Crippen molar-refractivity contribution in [3.8, 4) is 0 Å². The molecule has 0 saturated carbocycles. The SMILES string of the molecule is Cl.Cl.Clc1cnccc1CN1CCNCC1c1ccccc1Cl. The van der Waals surface area contributed by atoms with Crippen molar-refractivity contribution in [3.63, 3.8) is 0 Å². The van der Waals surface area contributed by atoms with Crippen LogP contribution < -0.4 is 5.32 Å². The first-order valence-electron chi connectivity index (χ1n) is 7.03. The van der Waals surface area contributed by atoms with Gasteiger partial charge in [0.05, 0.1) is 5.02 Å². The van der Waals surface area contributed by atoms with Crippen LogP contribution in [0.1, 0.15) is 17.2 Å². The van der Waals surface area contributed by atoms with Crippen molar-refractivity contribution in [1.82, 2.24) is 15.2 Å². The summed E-state index contributed by atoms with van der Waals surface area (Å²) in [6.45, 7) is 3.64. The Hall–Kier alpha value is -0.550. The molecule has 1 saturated heterocycles. The first-order chi connectivity index (χ1) is 10.3. The summed E-state index contributed by atoms with van der Waals surface area (Å²) < 4.78 is 0. The van der Waals surface area contributed by atoms with Crippen LogP contribution in [0.2, 0.25) is 10.0 Å². The third-order valence-corrected chi connectivity index (χ3v) is 4.53. The number of pyridine rings is 1. The van der Waals surface area contributed by atoms with Gasteiger partial charge in [-0.15, -0.1) is 24.8 Å². The van der Waals surface area contributed by atoms with Crippen LogP contribution in [0.4, 0.5) is 0 Å². The van der Waals surface area contributed by atoms with E-state index in [1.807, 2.05) is 24.3 Å². The molecule has 3 rings (SSSR count). The molecule has 0 radical (unpaired) electrons. The Labute approximate surface area is 159 Å². The smallest absolute Gasteiger partial charge is 0.0634 e. The molecular formula is C16H19Cl4N3. The molecule has 1 aromatic heterocycles. The number of piperazine rings is 1. The molecule has 1 aliphatic heterocycles. The molecule has 1 aromatic carbocycles. The molecule has 7 heteroatoms. The van der Waals surface area contributed by atoms with E-state index in [1.165, 1.54) is 0 Å². The molecule has 0 aliphatic carbocycles. The minimum Gasteiger partial charge on any atom is -0.314 e. The van der Waals surface area contributed by atoms with Crippen molar-refractivity contribution in [1.29, 1.82) is 0 Å². The number of nitrogens with zero attached hydrogens (tertiary/aromatic N) is 2. The Kier molecular flexibility index (Phi) is 8.62. The van der Waals surface area contributed by atoms with Crippen LogP contribution >= 0.6 is 48.0 Å². The van der Waals surface area contributed by atoms with Gasteiger partial charge in [-0.3, -0.25) is 9.88 Å². The molecule has 2 heterocycles. The zero-order chi connectivity index (χ0) is 14.7. The number of hydrogen-bond acceptors (Lipinski definition) is 3. The van der Waals surface area contributed by atoms with Crippen molar-refractivity contribution in [2.75, 3.05) is 19.6 Å². The Morgan fingerprint density at radius 1 is 1.13 bits per heavy atom. The van der Waals surface area contributed by atoms with E-state index in [1.54, 1.807) is 12.4 Å². The van der Waals surface area contributed by atoms with E-state index >= 15 is 0 Å². The lowest BCUT2D eigenvalue weighted by Gasteiger charge is -2.37. The van der Waals surface area contributed by atoms with E-state index < -0.39 is 0 Å². The van der Waals surface area contributed by atoms with E-state index in [0.717, 1.165) is 42.3 Å². The highest BCUT2D eigenvalue weighted by atomic mass is 35.5. The summed E-state index contributed by atoms with van der Waals surface area (Å²) in [5, 5.41) is 4.98. The van der Waals surface area contributed by atoms with Crippen LogP contribution in [-0.4, -0.2) is 29.5 Å². The third kappa shape index (κ3) is 4.96. The highest BCUT2D eigenvalue weighted by Gasteiger charge is 2.25. The van der Waals surface area contributed by atoms with Crippen LogP contribution in [0, 0.1) is 0 Å². The molecule has 0 bridgehead atoms. The molecule has 1 unspecified atom stereocenters. The summed E-state index contributed by atoms with van der Waals surface area (Å²) in [6.07, 6.45) is 3.48. The first-order valence-corrected chi connectivity index (χ1v) is 7.79. The maximum Gasteiger partial charge on any atom is 0.0634 e. The summed E-state index contributed by atoms with van der Waals surface area (Å²) in [5.74, 6) is 0. The van der Waals surface area contributed by atoms with Gasteiger partial charge >= 0.3 is 0 Å². The zero-order valence-electron chi connectivity index (χ0n) is 12.4. The molecule has 2 aromatic rings. The summed E-state index contributed by atoms with van der Waals surface area (Å²) in [6, 6.07) is 10.3. The van der Waals surface area contributed by atoms with E-state index in [0.29, 0.717) is 5.02 Å². The molecule has 1 aliphatic rings. The van der Waals surface area contributed by atoms with E-state index in [4.69, 9.17) is 23.2 Å². The predicted octanol–water partition coefficient (Wildman–Crippen LogP) is 4.38. The van der Waals surface area contributed by atoms with Crippen molar-refractivity contribution in [2.24, 2.45) is 0 Å². The Morgan fingerprint density at radius 2 is 1.91 bits per heavy atom. The van der Waals surface area contributed by atoms with Gasteiger partial charge in [-0.05, 0) is 23.3 Å². The number of hydrogen-bond donors (Lipinski definition) is 1. The quantitative estimate of drug-likeness (QED) is 0.837. The fourth-order valence-electron chi connectivity index (χ4n) is 2.74. The first kappa shape index (κ1) is 20.5. The van der Waals surface area contributed by atoms with Gasteiger partial charge in [0.2, 0.25) is 0 Å². The lowest BCUT2D eigenvalue weighted by molar-refractivity contribution is 0.154. The second-order valence-electron chi connectivity index (χ2n) is 5.18. The van der Waals surface area contributed by atoms with Crippen LogP contribution in [0.5, 0.6) is 0 Å². The van der Waals surface area contributed by atoms with Gasteiger partial charge in [0.25, 0.3) is 0 Å². The van der Waals surface area contributed by atoms with Crippen molar-refractivity contribution in [2.45, 2.75) is 12.6 Å². The average Bonchev–Trinajstić information content (AvgIpc) is 2.51. The molecule has 3 nitrogen and oxygen atoms in total. The highest BCUT2D eigenvalue weighted by molar-refractivity contribution is 6.31. The number of benzene rings is 1. The van der Waals surface area contributed by atoms with E-state index in [2.05, 4.69) is 21.3 Å². The maximum absolute atomic E-state index is 6.37. The van der Waals surface area contributed by atoms with Gasteiger partial charge in [0.15, 0.2) is 0 Å². The predicted molar refractivity (Wildman–Crippen MR) is 101 cm³/mol. The number of rotatable bonds is 3. The third-order valence-electron chi connectivity index (χ3n) is 3.85. The standard InChI is InChI=1S/C16H17Cl2N3.2ClH/c17-14-4-2-1-3-13(14)16-10-20-7-8-21(16)11-12-5-6-19-9-15(12)18;;/h1-6,9,16,20H,7-8,10-11H2;2*1H. The number of aromatic nitrogens is 1. The summed E-state index contributed by atoms with van der Waals surface area (Å²) in [4.78, 5) is 6.46. The van der Waals surface area contributed by atoms with Crippen molar-refractivity contribution >= 4 is 48.0 Å². The van der Waals surface area contributed by atoms with E-state index in [-0.39, 0.29) is 30.9 Å². The molecule has 23 heavy (non-hydrogen) atoms. The lowest BCUT2D eigenvalue weighted by Crippen LogP contribution is -2.45. The molecule has 1 fully saturated rings. The van der Waals surface area contributed by atoms with Crippen LogP contribution in [0.25, 0.3) is 0 Å². The van der Waals surface area contributed by atoms with Gasteiger partial charge in [0, 0.05) is 49.6 Å². The van der Waals surface area contributed by atoms with Gasteiger partial charge in [-0.25, -0.2) is 0 Å². The molecule has 1 atom stereocenters. The normalized spacial score (nSPS) is 17.9. The number of halogens is 4. The largest absolute Gasteiger partial charge is 0.314 e. The Bertz CT molecular complexity index is 624. The second kappa shape index (κ2) is 9.67. The maximum atomic E-state index is 6.37. The van der Waals surface area contributed by atoms with Gasteiger partial charge in [-0.1, -0.05) is 41.4 Å². The molecule has 0 amide bonds. The van der Waals surface area contributed by atoms with Crippen LogP contribution in [0.3, 0.4) is 0 Å². The fourth-order valence-corrected chi connectivity index (χ4v) is 3.18. The zero-order valence-corrected chi connectivity index (χ0v) is 15.6. The van der Waals surface area contributed by atoms with Crippen molar-refractivity contribution < 1.29 is 0 Å². The molecule has 1 N–H and O–H groups in total. The van der Waals surface area contributed by atoms with Gasteiger partial charge in [0.1, 0.15) is 0 Å². The summed E-state index contributed by atoms with van der Waals surface area (Å²) >= 11 is 12.6.